The molecule has 27 heavy (non-hydrogen) atoms. The molecule has 2 aromatic rings. The number of aryl methyl sites for hydroxylation is 2. The first-order chi connectivity index (χ1) is 12.7. The van der Waals surface area contributed by atoms with Crippen LogP contribution in [-0.2, 0) is 24.1 Å². The van der Waals surface area contributed by atoms with Crippen molar-refractivity contribution in [1.82, 2.24) is 24.9 Å². The van der Waals surface area contributed by atoms with Gasteiger partial charge < -0.3 is 5.32 Å². The normalized spacial score (nSPS) is 14.6. The summed E-state index contributed by atoms with van der Waals surface area (Å²) in [5.74, 6) is -0.227. The minimum atomic E-state index is -4.58. The van der Waals surface area contributed by atoms with Crippen molar-refractivity contribution in [2.24, 2.45) is 0 Å². The molecule has 3 rings (SSSR count). The zero-order chi connectivity index (χ0) is 19.8. The average molecular weight is 424 g/mol. The van der Waals surface area contributed by atoms with Crippen LogP contribution in [0.3, 0.4) is 0 Å². The number of hydrogen-bond acceptors (Lipinski definition) is 3. The molecule has 0 aromatic carbocycles. The molecule has 0 atom stereocenters. The highest BCUT2D eigenvalue weighted by Crippen LogP contribution is 2.46. The summed E-state index contributed by atoms with van der Waals surface area (Å²) in [6.07, 6.45) is -0.970. The van der Waals surface area contributed by atoms with Crippen LogP contribution in [-0.4, -0.2) is 32.0 Å². The topological polar surface area (TPSA) is 64.7 Å². The fraction of sp³-hybridized carbons (Fsp3) is 0.562. The molecule has 0 radical (unpaired) electrons. The van der Waals surface area contributed by atoms with Crippen LogP contribution in [0.25, 0.3) is 0 Å². The molecule has 1 saturated carbocycles. The molecular weight excluding hydrogens is 406 g/mol. The number of aromatic nitrogens is 4. The molecule has 0 spiro atoms. The van der Waals surface area contributed by atoms with Crippen LogP contribution in [0, 0.1) is 6.92 Å². The second kappa shape index (κ2) is 7.71. The molecule has 1 aliphatic rings. The quantitative estimate of drug-likeness (QED) is 0.688. The van der Waals surface area contributed by atoms with Crippen molar-refractivity contribution in [3.05, 3.63) is 33.3 Å². The van der Waals surface area contributed by atoms with Gasteiger partial charge in [-0.1, -0.05) is 23.2 Å². The molecule has 1 amide bonds. The van der Waals surface area contributed by atoms with Crippen molar-refractivity contribution < 1.29 is 18.0 Å². The lowest BCUT2D eigenvalue weighted by Crippen LogP contribution is -2.29. The van der Waals surface area contributed by atoms with E-state index in [4.69, 9.17) is 23.2 Å². The van der Waals surface area contributed by atoms with Crippen molar-refractivity contribution in [2.45, 2.75) is 51.4 Å². The largest absolute Gasteiger partial charge is 0.436 e. The van der Waals surface area contributed by atoms with E-state index < -0.39 is 11.9 Å². The van der Waals surface area contributed by atoms with Crippen LogP contribution in [0.4, 0.5) is 13.2 Å². The molecule has 1 aliphatic carbocycles. The number of carbonyl (C=O) groups is 1. The van der Waals surface area contributed by atoms with Gasteiger partial charge in [0.1, 0.15) is 6.54 Å². The van der Waals surface area contributed by atoms with E-state index in [1.807, 2.05) is 0 Å². The van der Waals surface area contributed by atoms with Crippen molar-refractivity contribution in [3.63, 3.8) is 0 Å². The summed E-state index contributed by atoms with van der Waals surface area (Å²) in [5, 5.41) is 10.6. The predicted molar refractivity (Wildman–Crippen MR) is 93.8 cm³/mol. The molecule has 0 aliphatic heterocycles. The zero-order valence-electron chi connectivity index (χ0n) is 14.5. The van der Waals surface area contributed by atoms with E-state index in [1.54, 1.807) is 13.1 Å². The van der Waals surface area contributed by atoms with E-state index in [9.17, 15) is 18.0 Å². The SMILES string of the molecule is Cc1nn(CC(=O)NCCCn2nc(C(F)(F)F)c(Cl)c2C2CC2)cc1Cl. The number of hydrogen-bond donors (Lipinski definition) is 1. The van der Waals surface area contributed by atoms with E-state index in [0.29, 0.717) is 29.4 Å². The number of nitrogens with zero attached hydrogens (tertiary/aromatic N) is 4. The highest BCUT2D eigenvalue weighted by molar-refractivity contribution is 6.32. The fourth-order valence-electron chi connectivity index (χ4n) is 2.79. The first kappa shape index (κ1) is 20.0. The lowest BCUT2D eigenvalue weighted by molar-refractivity contribution is -0.141. The molecule has 0 bridgehead atoms. The minimum Gasteiger partial charge on any atom is -0.354 e. The second-order valence-electron chi connectivity index (χ2n) is 6.51. The lowest BCUT2D eigenvalue weighted by atomic mass is 10.2. The van der Waals surface area contributed by atoms with Crippen molar-refractivity contribution in [3.8, 4) is 0 Å². The van der Waals surface area contributed by atoms with E-state index in [1.165, 1.54) is 9.36 Å². The maximum Gasteiger partial charge on any atom is 0.436 e. The van der Waals surface area contributed by atoms with Crippen molar-refractivity contribution >= 4 is 29.1 Å². The van der Waals surface area contributed by atoms with Gasteiger partial charge in [-0.25, -0.2) is 0 Å². The molecule has 6 nitrogen and oxygen atoms in total. The lowest BCUT2D eigenvalue weighted by Gasteiger charge is -2.08. The van der Waals surface area contributed by atoms with E-state index in [-0.39, 0.29) is 29.9 Å². The van der Waals surface area contributed by atoms with Crippen LogP contribution in [0.1, 0.15) is 42.3 Å². The van der Waals surface area contributed by atoms with E-state index in [0.717, 1.165) is 12.8 Å². The van der Waals surface area contributed by atoms with Crippen LogP contribution in [0.5, 0.6) is 0 Å². The Morgan fingerprint density at radius 2 is 2.04 bits per heavy atom. The second-order valence-corrected chi connectivity index (χ2v) is 7.29. The first-order valence-corrected chi connectivity index (χ1v) is 9.22. The molecule has 0 unspecified atom stereocenters. The van der Waals surface area contributed by atoms with Gasteiger partial charge in [-0.15, -0.1) is 0 Å². The Hall–Kier alpha value is -1.74. The fourth-order valence-corrected chi connectivity index (χ4v) is 3.33. The van der Waals surface area contributed by atoms with Gasteiger partial charge >= 0.3 is 6.18 Å². The average Bonchev–Trinajstić information content (AvgIpc) is 3.26. The predicted octanol–water partition coefficient (Wildman–Crippen LogP) is 3.80. The summed E-state index contributed by atoms with van der Waals surface area (Å²) in [6.45, 7) is 2.30. The summed E-state index contributed by atoms with van der Waals surface area (Å²) in [5.41, 5.74) is 0.0334. The highest BCUT2D eigenvalue weighted by Gasteiger charge is 2.41. The maximum absolute atomic E-state index is 13.0. The Bertz CT molecular complexity index is 822. The molecule has 148 valence electrons. The number of amides is 1. The molecule has 0 saturated heterocycles. The standard InChI is InChI=1S/C16H18Cl2F3N5O/c1-9-11(17)7-25(23-9)8-12(27)22-5-2-6-26-14(10-3-4-10)13(18)15(24-26)16(19,20)21/h7,10H,2-6,8H2,1H3,(H,22,27). The Balaban J connectivity index is 1.54. The number of nitrogens with one attached hydrogen (secondary N) is 1. The number of rotatable bonds is 7. The smallest absolute Gasteiger partial charge is 0.354 e. The van der Waals surface area contributed by atoms with Gasteiger partial charge in [0.15, 0.2) is 5.69 Å². The zero-order valence-corrected chi connectivity index (χ0v) is 16.0. The summed E-state index contributed by atoms with van der Waals surface area (Å²) in [6, 6.07) is 0. The van der Waals surface area contributed by atoms with Gasteiger partial charge in [-0.3, -0.25) is 14.2 Å². The van der Waals surface area contributed by atoms with E-state index in [2.05, 4.69) is 15.5 Å². The van der Waals surface area contributed by atoms with Crippen LogP contribution in [0.2, 0.25) is 10.0 Å². The van der Waals surface area contributed by atoms with Gasteiger partial charge in [0, 0.05) is 25.2 Å². The molecule has 1 N–H and O–H groups in total. The molecular formula is C16H18Cl2F3N5O. The molecule has 1 fully saturated rings. The molecule has 11 heteroatoms. The van der Waals surface area contributed by atoms with Gasteiger partial charge in [0.25, 0.3) is 0 Å². The van der Waals surface area contributed by atoms with Gasteiger partial charge in [0.05, 0.1) is 21.4 Å². The van der Waals surface area contributed by atoms with E-state index >= 15 is 0 Å². The minimum absolute atomic E-state index is 0.0205. The highest BCUT2D eigenvalue weighted by atomic mass is 35.5. The summed E-state index contributed by atoms with van der Waals surface area (Å²) in [4.78, 5) is 11.9. The van der Waals surface area contributed by atoms with Crippen LogP contribution in [0.15, 0.2) is 6.20 Å². The summed E-state index contributed by atoms with van der Waals surface area (Å²) >= 11 is 11.8. The van der Waals surface area contributed by atoms with Crippen LogP contribution >= 0.6 is 23.2 Å². The Labute approximate surface area is 163 Å². The van der Waals surface area contributed by atoms with Gasteiger partial charge in [-0.2, -0.15) is 23.4 Å². The number of carbonyl (C=O) groups excluding carboxylic acids is 1. The van der Waals surface area contributed by atoms with Gasteiger partial charge in [-0.05, 0) is 26.2 Å². The molecule has 2 aromatic heterocycles. The third-order valence-corrected chi connectivity index (χ3v) is 4.97. The van der Waals surface area contributed by atoms with Crippen molar-refractivity contribution in [1.29, 1.82) is 0 Å². The Kier molecular flexibility index (Phi) is 5.71. The van der Waals surface area contributed by atoms with Crippen LogP contribution < -0.4 is 5.32 Å². The Morgan fingerprint density at radius 1 is 1.33 bits per heavy atom. The maximum atomic E-state index is 13.0. The third kappa shape index (κ3) is 4.76. The third-order valence-electron chi connectivity index (χ3n) is 4.23. The first-order valence-electron chi connectivity index (χ1n) is 8.46. The molecule has 2 heterocycles. The van der Waals surface area contributed by atoms with Gasteiger partial charge in [0.2, 0.25) is 5.91 Å². The summed E-state index contributed by atoms with van der Waals surface area (Å²) in [7, 11) is 0. The number of halogens is 5. The summed E-state index contributed by atoms with van der Waals surface area (Å²) < 4.78 is 41.8. The van der Waals surface area contributed by atoms with Crippen molar-refractivity contribution in [2.75, 3.05) is 6.54 Å². The number of alkyl halides is 3. The monoisotopic (exact) mass is 423 g/mol. The Morgan fingerprint density at radius 3 is 2.59 bits per heavy atom.